The number of benzene rings is 3. The number of amides is 1. The number of carbonyl (C=O) groups excluding carboxylic acids is 1. The first kappa shape index (κ1) is 32.2. The van der Waals surface area contributed by atoms with E-state index in [1.54, 1.807) is 29.2 Å². The Morgan fingerprint density at radius 1 is 0.955 bits per heavy atom. The minimum absolute atomic E-state index is 0.0107. The average Bonchev–Trinajstić information content (AvgIpc) is 2.97. The zero-order valence-electron chi connectivity index (χ0n) is 25.0. The summed E-state index contributed by atoms with van der Waals surface area (Å²) in [6.07, 6.45) is 3.14. The normalized spacial score (nSPS) is 18.1. The van der Waals surface area contributed by atoms with Gasteiger partial charge in [0.05, 0.1) is 16.0 Å². The number of nitrogens with zero attached hydrogens (tertiary/aromatic N) is 3. The zero-order chi connectivity index (χ0) is 32.0. The van der Waals surface area contributed by atoms with Gasteiger partial charge >= 0.3 is 0 Å². The van der Waals surface area contributed by atoms with Crippen LogP contribution in [-0.4, -0.2) is 38.7 Å². The molecular weight excluding hydrogens is 568 g/mol. The van der Waals surface area contributed by atoms with Gasteiger partial charge in [-0.2, -0.15) is 0 Å². The summed E-state index contributed by atoms with van der Waals surface area (Å²) in [6, 6.07) is 14.1. The summed E-state index contributed by atoms with van der Waals surface area (Å²) in [5.74, 6) is 0.669. The summed E-state index contributed by atoms with van der Waals surface area (Å²) >= 11 is 0. The first-order valence-electron chi connectivity index (χ1n) is 14.6. The Labute approximate surface area is 255 Å². The highest BCUT2D eigenvalue weighted by atomic mass is 16.6. The summed E-state index contributed by atoms with van der Waals surface area (Å²) in [4.78, 5) is 36.2. The number of ether oxygens (including phenoxy) is 1. The number of anilines is 2. The fourth-order valence-corrected chi connectivity index (χ4v) is 6.11. The number of carbonyl (C=O) groups is 1. The largest absolute Gasteiger partial charge is 0.508 e. The second-order valence-corrected chi connectivity index (χ2v) is 11.7. The lowest BCUT2D eigenvalue weighted by molar-refractivity contribution is -0.385. The molecule has 0 heterocycles. The molecule has 3 N–H and O–H groups in total. The molecule has 234 valence electrons. The van der Waals surface area contributed by atoms with Crippen molar-refractivity contribution in [1.29, 1.82) is 0 Å². The Balaban J connectivity index is 1.57. The summed E-state index contributed by atoms with van der Waals surface area (Å²) in [5.41, 5.74) is 1.02. The lowest BCUT2D eigenvalue weighted by Crippen LogP contribution is -2.38. The van der Waals surface area contributed by atoms with Crippen LogP contribution in [-0.2, 0) is 22.6 Å². The van der Waals surface area contributed by atoms with Gasteiger partial charge < -0.3 is 25.2 Å². The topological polar surface area (TPSA) is 168 Å². The number of rotatable bonds is 12. The van der Waals surface area contributed by atoms with Crippen LogP contribution in [0.2, 0.25) is 0 Å². The molecule has 3 unspecified atom stereocenters. The number of non-ortho nitro benzene ring substituents is 2. The first-order chi connectivity index (χ1) is 20.9. The van der Waals surface area contributed by atoms with Crippen LogP contribution in [0.25, 0.3) is 0 Å². The summed E-state index contributed by atoms with van der Waals surface area (Å²) in [6.45, 7) is 6.40. The highest BCUT2D eigenvalue weighted by molar-refractivity contribution is 5.92. The SMILES string of the molecule is CC(C)C1C(C)CCCC1OCC(=O)Nc1cccc(N(Cc2cc([N+](=O)[O-])ccc2O)Cc2cc([N+](=O)[O-])ccc2O)c1. The van der Waals surface area contributed by atoms with E-state index in [4.69, 9.17) is 4.74 Å². The van der Waals surface area contributed by atoms with E-state index in [1.165, 1.54) is 36.4 Å². The fourth-order valence-electron chi connectivity index (χ4n) is 6.11. The van der Waals surface area contributed by atoms with Crippen molar-refractivity contribution in [2.75, 3.05) is 16.8 Å². The molecule has 0 saturated heterocycles. The van der Waals surface area contributed by atoms with Crippen molar-refractivity contribution in [3.8, 4) is 11.5 Å². The minimum Gasteiger partial charge on any atom is -0.508 e. The molecule has 12 heteroatoms. The van der Waals surface area contributed by atoms with Crippen LogP contribution in [0.4, 0.5) is 22.7 Å². The third-order valence-corrected chi connectivity index (χ3v) is 8.20. The van der Waals surface area contributed by atoms with Gasteiger partial charge in [-0.3, -0.25) is 25.0 Å². The van der Waals surface area contributed by atoms with Crippen molar-refractivity contribution < 1.29 is 29.6 Å². The standard InChI is InChI=1S/C32H38N4O8/c1-20(2)32-21(3)6-4-9-30(32)44-19-31(39)33-24-7-5-8-25(16-24)34(17-22-14-26(35(40)41)10-12-28(22)37)18-23-15-27(36(42)43)11-13-29(23)38/h5,7-8,10-16,20-21,30,32,37-38H,4,6,9,17-19H2,1-3H3,(H,33,39). The molecule has 1 saturated carbocycles. The monoisotopic (exact) mass is 606 g/mol. The van der Waals surface area contributed by atoms with E-state index >= 15 is 0 Å². The Morgan fingerprint density at radius 3 is 2.09 bits per heavy atom. The van der Waals surface area contributed by atoms with Crippen molar-refractivity contribution in [3.63, 3.8) is 0 Å². The average molecular weight is 607 g/mol. The van der Waals surface area contributed by atoms with Crippen molar-refractivity contribution in [2.45, 2.75) is 59.2 Å². The molecule has 0 bridgehead atoms. The van der Waals surface area contributed by atoms with Crippen molar-refractivity contribution in [3.05, 3.63) is 92.0 Å². The molecule has 0 aliphatic heterocycles. The van der Waals surface area contributed by atoms with Crippen LogP contribution in [0, 0.1) is 38.0 Å². The summed E-state index contributed by atoms with van der Waals surface area (Å²) in [7, 11) is 0. The van der Waals surface area contributed by atoms with Gasteiger partial charge in [-0.05, 0) is 54.5 Å². The fraction of sp³-hybridized carbons (Fsp3) is 0.406. The predicted molar refractivity (Wildman–Crippen MR) is 166 cm³/mol. The molecular formula is C32H38N4O8. The van der Waals surface area contributed by atoms with E-state index in [9.17, 15) is 35.2 Å². The second kappa shape index (κ2) is 14.2. The van der Waals surface area contributed by atoms with Gasteiger partial charge in [0.2, 0.25) is 5.91 Å². The van der Waals surface area contributed by atoms with Gasteiger partial charge in [-0.25, -0.2) is 0 Å². The lowest BCUT2D eigenvalue weighted by atomic mass is 9.72. The van der Waals surface area contributed by atoms with E-state index in [1.807, 2.05) is 0 Å². The molecule has 3 aromatic rings. The van der Waals surface area contributed by atoms with Crippen LogP contribution in [0.5, 0.6) is 11.5 Å². The number of nitro benzene ring substituents is 2. The van der Waals surface area contributed by atoms with E-state index < -0.39 is 9.85 Å². The smallest absolute Gasteiger partial charge is 0.270 e. The lowest BCUT2D eigenvalue weighted by Gasteiger charge is -2.38. The van der Waals surface area contributed by atoms with Crippen LogP contribution in [0.3, 0.4) is 0 Å². The number of phenols is 2. The van der Waals surface area contributed by atoms with Gasteiger partial charge in [0.1, 0.15) is 18.1 Å². The molecule has 1 amide bonds. The molecule has 3 atom stereocenters. The molecule has 0 spiro atoms. The van der Waals surface area contributed by atoms with Gasteiger partial charge in [0.15, 0.2) is 0 Å². The van der Waals surface area contributed by atoms with Gasteiger partial charge in [-0.1, -0.05) is 39.7 Å². The number of nitro groups is 2. The van der Waals surface area contributed by atoms with Crippen molar-refractivity contribution >= 4 is 28.7 Å². The molecule has 1 aliphatic rings. The molecule has 3 aromatic carbocycles. The summed E-state index contributed by atoms with van der Waals surface area (Å²) < 4.78 is 6.10. The Kier molecular flexibility index (Phi) is 10.4. The predicted octanol–water partition coefficient (Wildman–Crippen LogP) is 6.54. The number of hydrogen-bond donors (Lipinski definition) is 3. The second-order valence-electron chi connectivity index (χ2n) is 11.7. The zero-order valence-corrected chi connectivity index (χ0v) is 25.0. The van der Waals surface area contributed by atoms with E-state index in [0.29, 0.717) is 29.1 Å². The van der Waals surface area contributed by atoms with Crippen LogP contribution >= 0.6 is 0 Å². The quantitative estimate of drug-likeness (QED) is 0.153. The molecule has 0 radical (unpaired) electrons. The van der Waals surface area contributed by atoms with Crippen LogP contribution in [0.15, 0.2) is 60.7 Å². The molecule has 0 aromatic heterocycles. The van der Waals surface area contributed by atoms with Gasteiger partial charge in [0.25, 0.3) is 11.4 Å². The molecule has 1 fully saturated rings. The summed E-state index contributed by atoms with van der Waals surface area (Å²) in [5, 5.41) is 46.6. The number of aromatic hydroxyl groups is 2. The molecule has 1 aliphatic carbocycles. The van der Waals surface area contributed by atoms with Crippen LogP contribution in [0.1, 0.15) is 51.2 Å². The maximum Gasteiger partial charge on any atom is 0.270 e. The van der Waals surface area contributed by atoms with E-state index in [0.717, 1.165) is 19.3 Å². The van der Waals surface area contributed by atoms with E-state index in [-0.39, 0.29) is 65.7 Å². The Bertz CT molecular complexity index is 1450. The first-order valence-corrected chi connectivity index (χ1v) is 14.6. The maximum atomic E-state index is 12.9. The number of phenolic OH excluding ortho intramolecular Hbond substituents is 2. The third-order valence-electron chi connectivity index (χ3n) is 8.20. The Hall–Kier alpha value is -4.71. The molecule has 12 nitrogen and oxygen atoms in total. The third kappa shape index (κ3) is 8.01. The highest BCUT2D eigenvalue weighted by Gasteiger charge is 2.33. The number of nitrogens with one attached hydrogen (secondary N) is 1. The number of hydrogen-bond acceptors (Lipinski definition) is 9. The van der Waals surface area contributed by atoms with E-state index in [2.05, 4.69) is 26.1 Å². The highest BCUT2D eigenvalue weighted by Crippen LogP contribution is 2.37. The van der Waals surface area contributed by atoms with Crippen molar-refractivity contribution in [2.24, 2.45) is 17.8 Å². The molecule has 4 rings (SSSR count). The van der Waals surface area contributed by atoms with Crippen molar-refractivity contribution in [1.82, 2.24) is 0 Å². The van der Waals surface area contributed by atoms with Gasteiger partial charge in [0, 0.05) is 59.9 Å². The maximum absolute atomic E-state index is 12.9. The minimum atomic E-state index is -0.574. The van der Waals surface area contributed by atoms with Gasteiger partial charge in [-0.15, -0.1) is 0 Å². The Morgan fingerprint density at radius 2 is 1.55 bits per heavy atom. The van der Waals surface area contributed by atoms with Crippen LogP contribution < -0.4 is 10.2 Å². The molecule has 44 heavy (non-hydrogen) atoms.